The van der Waals surface area contributed by atoms with Gasteiger partial charge in [-0.15, -0.1) is 0 Å². The van der Waals surface area contributed by atoms with E-state index >= 15 is 0 Å². The van der Waals surface area contributed by atoms with Crippen LogP contribution in [-0.2, 0) is 9.59 Å². The predicted molar refractivity (Wildman–Crippen MR) is 110 cm³/mol. The summed E-state index contributed by atoms with van der Waals surface area (Å²) in [6.07, 6.45) is 2.40. The van der Waals surface area contributed by atoms with Crippen LogP contribution in [0.1, 0.15) is 36.5 Å². The molecule has 2 aliphatic rings. The third-order valence-electron chi connectivity index (χ3n) is 5.62. The second kappa shape index (κ2) is 7.81. The molecule has 5 nitrogen and oxygen atoms in total. The van der Waals surface area contributed by atoms with Gasteiger partial charge in [-0.2, -0.15) is 0 Å². The van der Waals surface area contributed by atoms with Crippen LogP contribution in [0.2, 0.25) is 10.0 Å². The number of benzene rings is 2. The number of anilines is 1. The molecule has 0 bridgehead atoms. The molecule has 1 heterocycles. The van der Waals surface area contributed by atoms with Crippen molar-refractivity contribution in [3.8, 4) is 5.75 Å². The van der Waals surface area contributed by atoms with Gasteiger partial charge in [0.15, 0.2) is 0 Å². The first-order valence-corrected chi connectivity index (χ1v) is 10.3. The average molecular weight is 432 g/mol. The summed E-state index contributed by atoms with van der Waals surface area (Å²) in [6.45, 7) is 2.11. The van der Waals surface area contributed by atoms with E-state index in [-0.39, 0.29) is 40.0 Å². The van der Waals surface area contributed by atoms with E-state index in [0.29, 0.717) is 16.6 Å². The number of hydrogen-bond acceptors (Lipinski definition) is 4. The number of carbonyl (C=O) groups is 3. The molecular weight excluding hydrogens is 413 g/mol. The Hall–Kier alpha value is -2.37. The molecule has 1 saturated carbocycles. The summed E-state index contributed by atoms with van der Waals surface area (Å²) < 4.78 is 5.35. The predicted octanol–water partition coefficient (Wildman–Crippen LogP) is 5.14. The zero-order valence-electron chi connectivity index (χ0n) is 15.7. The van der Waals surface area contributed by atoms with E-state index in [1.165, 1.54) is 23.1 Å². The molecule has 0 unspecified atom stereocenters. The number of imide groups is 1. The molecule has 4 rings (SSSR count). The SMILES string of the molecule is C[C@H]1CC[C@@H]2C(=O)N(c3cccc(C(=O)Oc4ccc(Cl)cc4Cl)c3)C(=O)[C@@H]2C1. The summed E-state index contributed by atoms with van der Waals surface area (Å²) in [5.74, 6) is -0.924. The lowest BCUT2D eigenvalue weighted by atomic mass is 9.76. The first-order chi connectivity index (χ1) is 13.8. The van der Waals surface area contributed by atoms with Crippen LogP contribution in [0.15, 0.2) is 42.5 Å². The molecule has 0 aromatic heterocycles. The Bertz CT molecular complexity index is 1010. The first-order valence-electron chi connectivity index (χ1n) is 9.50. The highest BCUT2D eigenvalue weighted by Gasteiger charge is 2.50. The van der Waals surface area contributed by atoms with Crippen LogP contribution in [0.25, 0.3) is 0 Å². The Labute approximate surface area is 178 Å². The van der Waals surface area contributed by atoms with Gasteiger partial charge in [0.25, 0.3) is 0 Å². The van der Waals surface area contributed by atoms with Gasteiger partial charge in [-0.25, -0.2) is 4.79 Å². The number of halogens is 2. The van der Waals surface area contributed by atoms with Crippen molar-refractivity contribution in [3.63, 3.8) is 0 Å². The maximum atomic E-state index is 12.9. The Morgan fingerprint density at radius 3 is 2.55 bits per heavy atom. The third-order valence-corrected chi connectivity index (χ3v) is 6.15. The topological polar surface area (TPSA) is 63.7 Å². The smallest absolute Gasteiger partial charge is 0.343 e. The largest absolute Gasteiger partial charge is 0.421 e. The minimum absolute atomic E-state index is 0.180. The lowest BCUT2D eigenvalue weighted by molar-refractivity contribution is -0.122. The summed E-state index contributed by atoms with van der Waals surface area (Å²) in [5.41, 5.74) is 0.607. The van der Waals surface area contributed by atoms with E-state index in [4.69, 9.17) is 27.9 Å². The maximum absolute atomic E-state index is 12.9. The van der Waals surface area contributed by atoms with Crippen LogP contribution in [0, 0.1) is 17.8 Å². The molecular formula is C22H19Cl2NO4. The van der Waals surface area contributed by atoms with E-state index in [9.17, 15) is 14.4 Å². The normalized spacial score (nSPS) is 23.8. The Balaban J connectivity index is 1.58. The zero-order valence-corrected chi connectivity index (χ0v) is 17.2. The molecule has 2 amide bonds. The van der Waals surface area contributed by atoms with E-state index in [1.54, 1.807) is 24.3 Å². The summed E-state index contributed by atoms with van der Waals surface area (Å²) >= 11 is 11.9. The molecule has 1 aliphatic carbocycles. The summed E-state index contributed by atoms with van der Waals surface area (Å²) in [6, 6.07) is 10.9. The Morgan fingerprint density at radius 1 is 1.03 bits per heavy atom. The number of amides is 2. The quantitative estimate of drug-likeness (QED) is 0.383. The minimum atomic E-state index is -0.638. The summed E-state index contributed by atoms with van der Waals surface area (Å²) in [7, 11) is 0. The second-order valence-corrected chi connectivity index (χ2v) is 8.50. The van der Waals surface area contributed by atoms with E-state index in [2.05, 4.69) is 6.92 Å². The molecule has 7 heteroatoms. The van der Waals surface area contributed by atoms with Crippen molar-refractivity contribution in [3.05, 3.63) is 58.1 Å². The van der Waals surface area contributed by atoms with Crippen LogP contribution < -0.4 is 9.64 Å². The third kappa shape index (κ3) is 3.77. The van der Waals surface area contributed by atoms with Gasteiger partial charge in [-0.05, 0) is 61.6 Å². The zero-order chi connectivity index (χ0) is 20.7. The summed E-state index contributed by atoms with van der Waals surface area (Å²) in [5, 5.41) is 0.642. The monoisotopic (exact) mass is 431 g/mol. The highest BCUT2D eigenvalue weighted by Crippen LogP contribution is 2.42. The molecule has 2 fully saturated rings. The van der Waals surface area contributed by atoms with E-state index < -0.39 is 5.97 Å². The van der Waals surface area contributed by atoms with E-state index in [1.807, 2.05) is 0 Å². The van der Waals surface area contributed by atoms with Gasteiger partial charge < -0.3 is 4.74 Å². The van der Waals surface area contributed by atoms with Crippen molar-refractivity contribution in [2.45, 2.75) is 26.2 Å². The Morgan fingerprint density at radius 2 is 1.79 bits per heavy atom. The second-order valence-electron chi connectivity index (χ2n) is 7.66. The van der Waals surface area contributed by atoms with Crippen molar-refractivity contribution < 1.29 is 19.1 Å². The number of fused-ring (bicyclic) bond motifs is 1. The van der Waals surface area contributed by atoms with Crippen molar-refractivity contribution in [1.29, 1.82) is 0 Å². The molecule has 150 valence electrons. The van der Waals surface area contributed by atoms with Gasteiger partial charge in [0.05, 0.1) is 28.1 Å². The van der Waals surface area contributed by atoms with Crippen LogP contribution >= 0.6 is 23.2 Å². The van der Waals surface area contributed by atoms with Crippen LogP contribution in [0.3, 0.4) is 0 Å². The lowest BCUT2D eigenvalue weighted by Crippen LogP contribution is -2.31. The fourth-order valence-electron chi connectivity index (χ4n) is 4.13. The first kappa shape index (κ1) is 19.9. The number of hydrogen-bond donors (Lipinski definition) is 0. The van der Waals surface area contributed by atoms with Crippen molar-refractivity contribution in [2.24, 2.45) is 17.8 Å². The van der Waals surface area contributed by atoms with Gasteiger partial charge >= 0.3 is 5.97 Å². The molecule has 0 N–H and O–H groups in total. The number of rotatable bonds is 3. The lowest BCUT2D eigenvalue weighted by Gasteiger charge is -2.25. The minimum Gasteiger partial charge on any atom is -0.421 e. The Kier molecular flexibility index (Phi) is 5.36. The fourth-order valence-corrected chi connectivity index (χ4v) is 4.58. The van der Waals surface area contributed by atoms with Crippen molar-refractivity contribution >= 4 is 46.7 Å². The molecule has 1 saturated heterocycles. The van der Waals surface area contributed by atoms with Gasteiger partial charge in [0.2, 0.25) is 11.8 Å². The van der Waals surface area contributed by atoms with Gasteiger partial charge in [0, 0.05) is 5.02 Å². The summed E-state index contributed by atoms with van der Waals surface area (Å²) in [4.78, 5) is 39.6. The average Bonchev–Trinajstić information content (AvgIpc) is 2.94. The van der Waals surface area contributed by atoms with Crippen LogP contribution in [0.5, 0.6) is 5.75 Å². The van der Waals surface area contributed by atoms with Gasteiger partial charge in [-0.3, -0.25) is 14.5 Å². The number of ether oxygens (including phenoxy) is 1. The van der Waals surface area contributed by atoms with Crippen LogP contribution in [0.4, 0.5) is 5.69 Å². The standard InChI is InChI=1S/C22H19Cl2NO4/c1-12-5-7-16-17(9-12)21(27)25(20(16)26)15-4-2-3-13(10-15)22(28)29-19-8-6-14(23)11-18(19)24/h2-4,6,8,10-12,16-17H,5,7,9H2,1H3/t12-,16-,17+/m0/s1. The number of carbonyl (C=O) groups excluding carboxylic acids is 3. The highest BCUT2D eigenvalue weighted by atomic mass is 35.5. The van der Waals surface area contributed by atoms with E-state index in [0.717, 1.165) is 19.3 Å². The fraction of sp³-hybridized carbons (Fsp3) is 0.318. The molecule has 2 aromatic rings. The molecule has 29 heavy (non-hydrogen) atoms. The molecule has 3 atom stereocenters. The molecule has 0 radical (unpaired) electrons. The molecule has 0 spiro atoms. The maximum Gasteiger partial charge on any atom is 0.343 e. The molecule has 1 aliphatic heterocycles. The van der Waals surface area contributed by atoms with Crippen molar-refractivity contribution in [1.82, 2.24) is 0 Å². The molecule has 2 aromatic carbocycles. The van der Waals surface area contributed by atoms with Gasteiger partial charge in [0.1, 0.15) is 5.75 Å². The van der Waals surface area contributed by atoms with Gasteiger partial charge in [-0.1, -0.05) is 36.2 Å². The number of nitrogens with zero attached hydrogens (tertiary/aromatic N) is 1. The van der Waals surface area contributed by atoms with Crippen molar-refractivity contribution in [2.75, 3.05) is 4.90 Å². The highest BCUT2D eigenvalue weighted by molar-refractivity contribution is 6.35. The number of esters is 1. The van der Waals surface area contributed by atoms with Crippen LogP contribution in [-0.4, -0.2) is 17.8 Å².